The third kappa shape index (κ3) is 3.68. The van der Waals surface area contributed by atoms with E-state index in [-0.39, 0.29) is 11.8 Å². The SMILES string of the molecule is COC(=O)c1c(C)[nH]c(C(=O)[C@H](C)N2CCC(c3nc4ccccc4s3)CC2)c1C. The number of nitrogens with one attached hydrogen (secondary N) is 1. The number of H-pyrrole nitrogens is 1. The van der Waals surface area contributed by atoms with Crippen molar-refractivity contribution in [2.75, 3.05) is 20.2 Å². The van der Waals surface area contributed by atoms with Crippen LogP contribution in [0.5, 0.6) is 0 Å². The number of hydrogen-bond acceptors (Lipinski definition) is 6. The standard InChI is InChI=1S/C23H27N3O3S/c1-13-19(23(28)29-4)14(2)24-20(13)21(27)15(3)26-11-9-16(10-12-26)22-25-17-7-5-6-8-18(17)30-22/h5-8,15-16,24H,9-12H2,1-4H3/t15-/m0/s1. The molecule has 7 heteroatoms. The molecular formula is C23H27N3O3S. The van der Waals surface area contributed by atoms with Gasteiger partial charge < -0.3 is 9.72 Å². The van der Waals surface area contributed by atoms with Gasteiger partial charge in [0.2, 0.25) is 0 Å². The molecule has 4 rings (SSSR count). The van der Waals surface area contributed by atoms with E-state index in [1.807, 2.05) is 13.0 Å². The highest BCUT2D eigenvalue weighted by molar-refractivity contribution is 7.18. The molecule has 2 aromatic heterocycles. The number of ether oxygens (including phenoxy) is 1. The summed E-state index contributed by atoms with van der Waals surface area (Å²) >= 11 is 1.78. The highest BCUT2D eigenvalue weighted by Crippen LogP contribution is 2.34. The summed E-state index contributed by atoms with van der Waals surface area (Å²) in [4.78, 5) is 35.4. The van der Waals surface area contributed by atoms with Crippen LogP contribution in [0.3, 0.4) is 0 Å². The predicted molar refractivity (Wildman–Crippen MR) is 119 cm³/mol. The zero-order valence-corrected chi connectivity index (χ0v) is 18.6. The minimum Gasteiger partial charge on any atom is -0.465 e. The van der Waals surface area contributed by atoms with Crippen molar-refractivity contribution in [3.63, 3.8) is 0 Å². The fraction of sp³-hybridized carbons (Fsp3) is 0.435. The second-order valence-electron chi connectivity index (χ2n) is 7.99. The van der Waals surface area contributed by atoms with Crippen molar-refractivity contribution in [3.8, 4) is 0 Å². The van der Waals surface area contributed by atoms with Gasteiger partial charge in [0.25, 0.3) is 0 Å². The zero-order valence-electron chi connectivity index (χ0n) is 17.8. The quantitative estimate of drug-likeness (QED) is 0.482. The lowest BCUT2D eigenvalue weighted by Crippen LogP contribution is -2.43. The van der Waals surface area contributed by atoms with Gasteiger partial charge >= 0.3 is 5.97 Å². The number of para-hydroxylation sites is 1. The number of aromatic nitrogens is 2. The van der Waals surface area contributed by atoms with Crippen LogP contribution in [0.2, 0.25) is 0 Å². The van der Waals surface area contributed by atoms with E-state index in [2.05, 4.69) is 28.1 Å². The van der Waals surface area contributed by atoms with Crippen molar-refractivity contribution in [2.45, 2.75) is 45.6 Å². The maximum absolute atomic E-state index is 13.2. The number of methoxy groups -OCH3 is 1. The largest absolute Gasteiger partial charge is 0.465 e. The molecule has 3 heterocycles. The van der Waals surface area contributed by atoms with Crippen molar-refractivity contribution >= 4 is 33.3 Å². The summed E-state index contributed by atoms with van der Waals surface area (Å²) in [6, 6.07) is 8.02. The van der Waals surface area contributed by atoms with Crippen LogP contribution in [0.1, 0.15) is 62.8 Å². The summed E-state index contributed by atoms with van der Waals surface area (Å²) in [5.41, 5.74) is 3.38. The Kier molecular flexibility index (Phi) is 5.75. The van der Waals surface area contributed by atoms with Gasteiger partial charge in [-0.3, -0.25) is 9.69 Å². The summed E-state index contributed by atoms with van der Waals surface area (Å²) in [5.74, 6) is 0.0511. The van der Waals surface area contributed by atoms with Crippen molar-refractivity contribution in [1.82, 2.24) is 14.9 Å². The van der Waals surface area contributed by atoms with E-state index in [9.17, 15) is 9.59 Å². The topological polar surface area (TPSA) is 75.3 Å². The first-order valence-electron chi connectivity index (χ1n) is 10.3. The van der Waals surface area contributed by atoms with Crippen LogP contribution in [0, 0.1) is 13.8 Å². The molecule has 0 amide bonds. The number of benzene rings is 1. The van der Waals surface area contributed by atoms with E-state index in [1.165, 1.54) is 16.8 Å². The van der Waals surface area contributed by atoms with Gasteiger partial charge in [-0.2, -0.15) is 0 Å². The third-order valence-corrected chi connectivity index (χ3v) is 7.39. The first-order valence-corrected chi connectivity index (χ1v) is 11.1. The second kappa shape index (κ2) is 8.32. The Morgan fingerprint density at radius 3 is 2.60 bits per heavy atom. The van der Waals surface area contributed by atoms with Crippen LogP contribution in [0.4, 0.5) is 0 Å². The summed E-state index contributed by atoms with van der Waals surface area (Å²) in [6.07, 6.45) is 1.99. The van der Waals surface area contributed by atoms with Crippen LogP contribution in [0.15, 0.2) is 24.3 Å². The number of aryl methyl sites for hydroxylation is 1. The zero-order chi connectivity index (χ0) is 21.4. The van der Waals surface area contributed by atoms with Gasteiger partial charge in [-0.25, -0.2) is 9.78 Å². The fourth-order valence-corrected chi connectivity index (χ4v) is 5.51. The third-order valence-electron chi connectivity index (χ3n) is 6.19. The molecule has 6 nitrogen and oxygen atoms in total. The van der Waals surface area contributed by atoms with Gasteiger partial charge in [0, 0.05) is 11.6 Å². The minimum atomic E-state index is -0.412. The smallest absolute Gasteiger partial charge is 0.339 e. The molecule has 30 heavy (non-hydrogen) atoms. The molecule has 0 aliphatic carbocycles. The van der Waals surface area contributed by atoms with E-state index in [1.54, 1.807) is 25.2 Å². The normalized spacial score (nSPS) is 16.7. The second-order valence-corrected chi connectivity index (χ2v) is 9.05. The van der Waals surface area contributed by atoms with Gasteiger partial charge in [0.15, 0.2) is 5.78 Å². The van der Waals surface area contributed by atoms with E-state index in [0.29, 0.717) is 28.4 Å². The summed E-state index contributed by atoms with van der Waals surface area (Å²) in [7, 11) is 1.36. The number of thiazole rings is 1. The molecule has 1 atom stereocenters. The monoisotopic (exact) mass is 425 g/mol. The molecule has 1 aromatic carbocycles. The first-order chi connectivity index (χ1) is 14.4. The Morgan fingerprint density at radius 2 is 1.93 bits per heavy atom. The lowest BCUT2D eigenvalue weighted by Gasteiger charge is -2.34. The van der Waals surface area contributed by atoms with Gasteiger partial charge in [-0.1, -0.05) is 12.1 Å². The Balaban J connectivity index is 1.44. The van der Waals surface area contributed by atoms with Gasteiger partial charge in [-0.05, 0) is 64.4 Å². The molecule has 0 saturated carbocycles. The molecular weight excluding hydrogens is 398 g/mol. The number of esters is 1. The number of fused-ring (bicyclic) bond motifs is 1. The molecule has 1 fully saturated rings. The summed E-state index contributed by atoms with van der Waals surface area (Å²) in [5, 5.41) is 1.20. The maximum Gasteiger partial charge on any atom is 0.339 e. The van der Waals surface area contributed by atoms with E-state index in [0.717, 1.165) is 31.4 Å². The number of rotatable bonds is 5. The number of hydrogen-bond donors (Lipinski definition) is 1. The van der Waals surface area contributed by atoms with E-state index < -0.39 is 5.97 Å². The number of aromatic amines is 1. The Labute approximate surface area is 180 Å². The lowest BCUT2D eigenvalue weighted by molar-refractivity contribution is 0.0599. The minimum absolute atomic E-state index is 0.0178. The summed E-state index contributed by atoms with van der Waals surface area (Å²) in [6.45, 7) is 7.26. The van der Waals surface area contributed by atoms with Crippen molar-refractivity contribution in [1.29, 1.82) is 0 Å². The lowest BCUT2D eigenvalue weighted by atomic mass is 9.95. The van der Waals surface area contributed by atoms with Gasteiger partial charge in [0.05, 0.1) is 39.6 Å². The molecule has 158 valence electrons. The summed E-state index contributed by atoms with van der Waals surface area (Å²) < 4.78 is 6.09. The van der Waals surface area contributed by atoms with Crippen LogP contribution in [-0.4, -0.2) is 52.9 Å². The number of carbonyl (C=O) groups excluding carboxylic acids is 2. The van der Waals surface area contributed by atoms with Crippen molar-refractivity contribution in [2.24, 2.45) is 0 Å². The highest BCUT2D eigenvalue weighted by atomic mass is 32.1. The van der Waals surface area contributed by atoms with Crippen LogP contribution in [-0.2, 0) is 4.74 Å². The van der Waals surface area contributed by atoms with Crippen LogP contribution < -0.4 is 0 Å². The molecule has 0 spiro atoms. The number of piperidine rings is 1. The molecule has 3 aromatic rings. The maximum atomic E-state index is 13.2. The molecule has 1 saturated heterocycles. The first kappa shape index (κ1) is 20.8. The molecule has 1 aliphatic rings. The Bertz CT molecular complexity index is 1060. The molecule has 1 aliphatic heterocycles. The number of carbonyl (C=O) groups is 2. The van der Waals surface area contributed by atoms with E-state index >= 15 is 0 Å². The number of ketones is 1. The van der Waals surface area contributed by atoms with Crippen molar-refractivity contribution < 1.29 is 14.3 Å². The number of nitrogens with zero attached hydrogens (tertiary/aromatic N) is 2. The molecule has 0 bridgehead atoms. The molecule has 1 N–H and O–H groups in total. The predicted octanol–water partition coefficient (Wildman–Crippen LogP) is 4.48. The fourth-order valence-electron chi connectivity index (χ4n) is 4.38. The average Bonchev–Trinajstić information content (AvgIpc) is 3.33. The number of likely N-dealkylation sites (tertiary alicyclic amines) is 1. The van der Waals surface area contributed by atoms with Gasteiger partial charge in [-0.15, -0.1) is 11.3 Å². The molecule has 0 radical (unpaired) electrons. The number of Topliss-reactive ketones (excluding diaryl/α,β-unsaturated/α-hetero) is 1. The van der Waals surface area contributed by atoms with Crippen molar-refractivity contribution in [3.05, 3.63) is 51.8 Å². The highest BCUT2D eigenvalue weighted by Gasteiger charge is 2.31. The van der Waals surface area contributed by atoms with Crippen LogP contribution in [0.25, 0.3) is 10.2 Å². The van der Waals surface area contributed by atoms with E-state index in [4.69, 9.17) is 9.72 Å². The Morgan fingerprint density at radius 1 is 1.23 bits per heavy atom. The average molecular weight is 426 g/mol. The Hall–Kier alpha value is -2.51. The molecule has 0 unspecified atom stereocenters. The van der Waals surface area contributed by atoms with Gasteiger partial charge in [0.1, 0.15) is 0 Å². The van der Waals surface area contributed by atoms with Crippen LogP contribution >= 0.6 is 11.3 Å².